The monoisotopic (exact) mass is 334 g/mol. The Bertz CT molecular complexity index is 590. The molecule has 0 aliphatic heterocycles. The molecule has 120 valence electrons. The normalized spacial score (nSPS) is 13.5. The first-order valence-electron chi connectivity index (χ1n) is 6.78. The van der Waals surface area contributed by atoms with Crippen LogP contribution in [-0.2, 0) is 16.6 Å². The molecular weight excluding hydrogens is 312 g/mol. The maximum Gasteiger partial charge on any atom is 0.246 e. The summed E-state index contributed by atoms with van der Waals surface area (Å²) >= 11 is 6.07. The molecule has 21 heavy (non-hydrogen) atoms. The molecule has 0 radical (unpaired) electrons. The van der Waals surface area contributed by atoms with Gasteiger partial charge in [0.15, 0.2) is 0 Å². The smallest absolute Gasteiger partial charge is 0.246 e. The van der Waals surface area contributed by atoms with Crippen molar-refractivity contribution in [2.24, 2.45) is 0 Å². The summed E-state index contributed by atoms with van der Waals surface area (Å²) in [4.78, 5) is 0.102. The molecule has 0 amide bonds. The van der Waals surface area contributed by atoms with Gasteiger partial charge in [0, 0.05) is 30.2 Å². The molecule has 0 spiro atoms. The van der Waals surface area contributed by atoms with Gasteiger partial charge in [0.05, 0.1) is 7.11 Å². The lowest BCUT2D eigenvalue weighted by atomic mass is 10.2. The van der Waals surface area contributed by atoms with E-state index in [4.69, 9.17) is 16.3 Å². The minimum absolute atomic E-state index is 0.102. The van der Waals surface area contributed by atoms with Gasteiger partial charge in [0.1, 0.15) is 10.6 Å². The van der Waals surface area contributed by atoms with Crippen molar-refractivity contribution in [2.75, 3.05) is 21.2 Å². The predicted molar refractivity (Wildman–Crippen MR) is 85.5 cm³/mol. The molecule has 1 aromatic carbocycles. The largest absolute Gasteiger partial charge is 0.495 e. The first-order chi connectivity index (χ1) is 9.79. The Morgan fingerprint density at radius 3 is 2.52 bits per heavy atom. The molecule has 0 aliphatic carbocycles. The van der Waals surface area contributed by atoms with E-state index in [0.29, 0.717) is 22.9 Å². The maximum atomic E-state index is 12.8. The fraction of sp³-hybridized carbons (Fsp3) is 0.571. The Hall–Kier alpha value is -0.820. The van der Waals surface area contributed by atoms with Gasteiger partial charge in [-0.1, -0.05) is 18.5 Å². The summed E-state index contributed by atoms with van der Waals surface area (Å²) in [6, 6.07) is 3.04. The van der Waals surface area contributed by atoms with Crippen LogP contribution in [-0.4, -0.2) is 40.0 Å². The first kappa shape index (κ1) is 18.2. The second kappa shape index (κ2) is 7.45. The van der Waals surface area contributed by atoms with Crippen LogP contribution in [0.5, 0.6) is 5.75 Å². The topological polar surface area (TPSA) is 58.6 Å². The maximum absolute atomic E-state index is 12.8. The standard InChI is InChI=1S/C14H23ClN2O3S/c1-6-10(2)17(4)21(18,19)13-8-12(15)7-11(9-16-3)14(13)20-5/h7-8,10,16H,6,9H2,1-5H3. The molecule has 0 aromatic heterocycles. The van der Waals surface area contributed by atoms with Crippen LogP contribution in [0.15, 0.2) is 17.0 Å². The number of ether oxygens (including phenoxy) is 1. The van der Waals surface area contributed by atoms with E-state index in [9.17, 15) is 8.42 Å². The Labute approximate surface area is 132 Å². The van der Waals surface area contributed by atoms with E-state index in [-0.39, 0.29) is 10.9 Å². The molecule has 0 fully saturated rings. The van der Waals surface area contributed by atoms with Gasteiger partial charge in [-0.15, -0.1) is 0 Å². The lowest BCUT2D eigenvalue weighted by molar-refractivity contribution is 0.369. The number of sulfonamides is 1. The van der Waals surface area contributed by atoms with Gasteiger partial charge in [-0.05, 0) is 32.5 Å². The van der Waals surface area contributed by atoms with Gasteiger partial charge in [-0.3, -0.25) is 0 Å². The quantitative estimate of drug-likeness (QED) is 0.832. The number of halogens is 1. The van der Waals surface area contributed by atoms with Crippen molar-refractivity contribution in [1.29, 1.82) is 0 Å². The number of nitrogens with zero attached hydrogens (tertiary/aromatic N) is 1. The highest BCUT2D eigenvalue weighted by Crippen LogP contribution is 2.34. The van der Waals surface area contributed by atoms with Crippen LogP contribution in [0.3, 0.4) is 0 Å². The minimum atomic E-state index is -3.66. The van der Waals surface area contributed by atoms with Gasteiger partial charge in [0.2, 0.25) is 10.0 Å². The van der Waals surface area contributed by atoms with Crippen molar-refractivity contribution in [3.8, 4) is 5.75 Å². The molecule has 0 aliphatic rings. The summed E-state index contributed by atoms with van der Waals surface area (Å²) in [7, 11) is 1.15. The summed E-state index contributed by atoms with van der Waals surface area (Å²) < 4.78 is 32.3. The zero-order chi connectivity index (χ0) is 16.2. The SMILES string of the molecule is CCC(C)N(C)S(=O)(=O)c1cc(Cl)cc(CNC)c1OC. The molecule has 0 bridgehead atoms. The second-order valence-electron chi connectivity index (χ2n) is 4.91. The number of hydrogen-bond acceptors (Lipinski definition) is 4. The van der Waals surface area contributed by atoms with Crippen LogP contribution in [0.4, 0.5) is 0 Å². The van der Waals surface area contributed by atoms with E-state index >= 15 is 0 Å². The summed E-state index contributed by atoms with van der Waals surface area (Å²) in [6.45, 7) is 4.28. The van der Waals surface area contributed by atoms with Gasteiger partial charge in [-0.25, -0.2) is 8.42 Å². The molecule has 7 heteroatoms. The van der Waals surface area contributed by atoms with E-state index in [1.54, 1.807) is 20.2 Å². The number of hydrogen-bond donors (Lipinski definition) is 1. The van der Waals surface area contributed by atoms with Crippen molar-refractivity contribution in [1.82, 2.24) is 9.62 Å². The van der Waals surface area contributed by atoms with Crippen LogP contribution >= 0.6 is 11.6 Å². The molecule has 1 aromatic rings. The third kappa shape index (κ3) is 3.88. The molecule has 1 unspecified atom stereocenters. The van der Waals surface area contributed by atoms with Crippen LogP contribution in [0, 0.1) is 0 Å². The zero-order valence-corrected chi connectivity index (χ0v) is 14.7. The van der Waals surface area contributed by atoms with Crippen LogP contribution in [0.25, 0.3) is 0 Å². The van der Waals surface area contributed by atoms with Crippen LogP contribution in [0.2, 0.25) is 5.02 Å². The van der Waals surface area contributed by atoms with E-state index in [1.165, 1.54) is 17.5 Å². The van der Waals surface area contributed by atoms with Crippen molar-refractivity contribution in [2.45, 2.75) is 37.8 Å². The van der Waals surface area contributed by atoms with Gasteiger partial charge in [-0.2, -0.15) is 4.31 Å². The average Bonchev–Trinajstić information content (AvgIpc) is 2.45. The molecule has 1 rings (SSSR count). The highest BCUT2D eigenvalue weighted by atomic mass is 35.5. The van der Waals surface area contributed by atoms with Gasteiger partial charge < -0.3 is 10.1 Å². The molecule has 1 N–H and O–H groups in total. The Morgan fingerprint density at radius 1 is 1.43 bits per heavy atom. The molecule has 0 heterocycles. The van der Waals surface area contributed by atoms with E-state index in [0.717, 1.165) is 6.42 Å². The second-order valence-corrected chi connectivity index (χ2v) is 7.31. The highest BCUT2D eigenvalue weighted by molar-refractivity contribution is 7.89. The van der Waals surface area contributed by atoms with Crippen molar-refractivity contribution >= 4 is 21.6 Å². The zero-order valence-electron chi connectivity index (χ0n) is 13.1. The first-order valence-corrected chi connectivity index (χ1v) is 8.60. The van der Waals surface area contributed by atoms with E-state index < -0.39 is 10.0 Å². The average molecular weight is 335 g/mol. The van der Waals surface area contributed by atoms with Crippen molar-refractivity contribution < 1.29 is 13.2 Å². The fourth-order valence-corrected chi connectivity index (χ4v) is 3.98. The molecular formula is C14H23ClN2O3S. The number of benzene rings is 1. The summed E-state index contributed by atoms with van der Waals surface area (Å²) in [5.74, 6) is 0.337. The summed E-state index contributed by atoms with van der Waals surface area (Å²) in [5, 5.41) is 3.35. The Kier molecular flexibility index (Phi) is 6.46. The van der Waals surface area contributed by atoms with Crippen molar-refractivity contribution in [3.05, 3.63) is 22.7 Å². The van der Waals surface area contributed by atoms with E-state index in [2.05, 4.69) is 5.32 Å². The van der Waals surface area contributed by atoms with Crippen LogP contribution in [0.1, 0.15) is 25.8 Å². The number of rotatable bonds is 7. The Balaban J connectivity index is 3.47. The number of nitrogens with one attached hydrogen (secondary N) is 1. The highest BCUT2D eigenvalue weighted by Gasteiger charge is 2.29. The molecule has 1 atom stereocenters. The number of methoxy groups -OCH3 is 1. The summed E-state index contributed by atoms with van der Waals surface area (Å²) in [5.41, 5.74) is 0.712. The Morgan fingerprint density at radius 2 is 2.05 bits per heavy atom. The van der Waals surface area contributed by atoms with Crippen molar-refractivity contribution in [3.63, 3.8) is 0 Å². The van der Waals surface area contributed by atoms with Crippen LogP contribution < -0.4 is 10.1 Å². The summed E-state index contributed by atoms with van der Waals surface area (Å²) in [6.07, 6.45) is 0.724. The lowest BCUT2D eigenvalue weighted by Gasteiger charge is -2.25. The predicted octanol–water partition coefficient (Wildman–Crippen LogP) is 2.49. The molecule has 0 saturated heterocycles. The lowest BCUT2D eigenvalue weighted by Crippen LogP contribution is -2.35. The molecule has 0 saturated carbocycles. The van der Waals surface area contributed by atoms with Gasteiger partial charge in [0.25, 0.3) is 0 Å². The minimum Gasteiger partial charge on any atom is -0.495 e. The molecule has 5 nitrogen and oxygen atoms in total. The third-order valence-electron chi connectivity index (χ3n) is 3.54. The van der Waals surface area contributed by atoms with Gasteiger partial charge >= 0.3 is 0 Å². The fourth-order valence-electron chi connectivity index (χ4n) is 2.02. The van der Waals surface area contributed by atoms with E-state index in [1.807, 2.05) is 13.8 Å². The third-order valence-corrected chi connectivity index (χ3v) is 5.73.